The Kier molecular flexibility index (Phi) is 5.74. The van der Waals surface area contributed by atoms with Crippen molar-refractivity contribution in [1.82, 2.24) is 10.2 Å². The minimum atomic E-state index is -0.463. The molecule has 1 rings (SSSR count). The molecule has 0 radical (unpaired) electrons. The predicted octanol–water partition coefficient (Wildman–Crippen LogP) is 2.10. The predicted molar refractivity (Wildman–Crippen MR) is 72.3 cm³/mol. The van der Waals surface area contributed by atoms with Crippen LogP contribution in [0.3, 0.4) is 0 Å². The molecular weight excluding hydrogens is 236 g/mol. The number of carbonyl (C=O) groups excluding carboxylic acids is 1. The average Bonchev–Trinajstić information content (AvgIpc) is 2.78. The molecule has 1 amide bonds. The van der Waals surface area contributed by atoms with Crippen molar-refractivity contribution >= 4 is 17.5 Å². The van der Waals surface area contributed by atoms with E-state index in [1.165, 1.54) is 25.9 Å². The van der Waals surface area contributed by atoms with Crippen LogP contribution < -0.4 is 5.32 Å². The number of likely N-dealkylation sites (tertiary alicyclic amines) is 1. The molecule has 3 nitrogen and oxygen atoms in total. The van der Waals surface area contributed by atoms with Crippen molar-refractivity contribution in [2.75, 3.05) is 32.1 Å². The second-order valence-electron chi connectivity index (χ2n) is 5.84. The first kappa shape index (κ1) is 14.8. The average molecular weight is 261 g/mol. The third-order valence-corrected chi connectivity index (χ3v) is 4.00. The number of hydrogen-bond donors (Lipinski definition) is 1. The quantitative estimate of drug-likeness (QED) is 0.742. The van der Waals surface area contributed by atoms with Gasteiger partial charge in [0.2, 0.25) is 5.91 Å². The molecule has 1 saturated heterocycles. The van der Waals surface area contributed by atoms with Gasteiger partial charge in [0, 0.05) is 19.0 Å². The minimum absolute atomic E-state index is 0.0563. The lowest BCUT2D eigenvalue weighted by atomic mass is 9.95. The maximum atomic E-state index is 11.8. The molecule has 1 fully saturated rings. The van der Waals surface area contributed by atoms with Crippen molar-refractivity contribution in [3.8, 4) is 0 Å². The van der Waals surface area contributed by atoms with Crippen molar-refractivity contribution in [3.63, 3.8) is 0 Å². The highest BCUT2D eigenvalue weighted by atomic mass is 35.5. The summed E-state index contributed by atoms with van der Waals surface area (Å²) in [6.45, 7) is 10.2. The third kappa shape index (κ3) is 4.84. The van der Waals surface area contributed by atoms with E-state index < -0.39 is 5.41 Å². The molecule has 1 aliphatic rings. The fraction of sp³-hybridized carbons (Fsp3) is 0.923. The van der Waals surface area contributed by atoms with Crippen LogP contribution in [0.1, 0.15) is 33.6 Å². The number of rotatable bonds is 6. The number of amides is 1. The molecule has 4 heteroatoms. The van der Waals surface area contributed by atoms with Crippen LogP contribution in [0.4, 0.5) is 0 Å². The summed E-state index contributed by atoms with van der Waals surface area (Å²) in [6.07, 6.45) is 2.64. The lowest BCUT2D eigenvalue weighted by Crippen LogP contribution is -2.41. The topological polar surface area (TPSA) is 32.3 Å². The van der Waals surface area contributed by atoms with Crippen LogP contribution in [-0.4, -0.2) is 42.9 Å². The van der Waals surface area contributed by atoms with Crippen molar-refractivity contribution in [2.24, 2.45) is 11.3 Å². The molecule has 0 aromatic heterocycles. The van der Waals surface area contributed by atoms with E-state index in [2.05, 4.69) is 17.1 Å². The van der Waals surface area contributed by atoms with Crippen molar-refractivity contribution in [2.45, 2.75) is 33.6 Å². The molecule has 0 aromatic carbocycles. The number of nitrogens with one attached hydrogen (secondary N) is 1. The minimum Gasteiger partial charge on any atom is -0.355 e. The van der Waals surface area contributed by atoms with E-state index in [0.717, 1.165) is 13.1 Å². The number of hydrogen-bond acceptors (Lipinski definition) is 2. The fourth-order valence-electron chi connectivity index (χ4n) is 2.04. The van der Waals surface area contributed by atoms with Gasteiger partial charge in [-0.3, -0.25) is 4.79 Å². The summed E-state index contributed by atoms with van der Waals surface area (Å²) in [5.74, 6) is 0.920. The van der Waals surface area contributed by atoms with Gasteiger partial charge in [-0.25, -0.2) is 0 Å². The molecule has 0 saturated carbocycles. The second kappa shape index (κ2) is 6.60. The molecule has 0 aliphatic carbocycles. The van der Waals surface area contributed by atoms with Crippen LogP contribution in [0.15, 0.2) is 0 Å². The van der Waals surface area contributed by atoms with Gasteiger partial charge in [0.1, 0.15) is 0 Å². The Labute approximate surface area is 110 Å². The maximum absolute atomic E-state index is 11.8. The lowest BCUT2D eigenvalue weighted by Gasteiger charge is -2.24. The van der Waals surface area contributed by atoms with E-state index in [0.29, 0.717) is 11.8 Å². The maximum Gasteiger partial charge on any atom is 0.226 e. The molecular formula is C13H25ClN2O. The highest BCUT2D eigenvalue weighted by molar-refractivity contribution is 6.19. The second-order valence-corrected chi connectivity index (χ2v) is 6.11. The molecule has 1 aliphatic heterocycles. The normalized spacial score (nSPS) is 19.3. The Hall–Kier alpha value is -0.280. The molecule has 1 unspecified atom stereocenters. The standard InChI is InChI=1S/C13H25ClN2O/c1-11(9-16-6-4-5-7-16)8-15-12(17)13(2,3)10-14/h11H,4-10H2,1-3H3,(H,15,17). The van der Waals surface area contributed by atoms with Crippen LogP contribution in [0, 0.1) is 11.3 Å². The summed E-state index contributed by atoms with van der Waals surface area (Å²) in [5.41, 5.74) is -0.463. The van der Waals surface area contributed by atoms with Crippen LogP contribution in [0.2, 0.25) is 0 Å². The van der Waals surface area contributed by atoms with Gasteiger partial charge in [0.15, 0.2) is 0 Å². The molecule has 0 bridgehead atoms. The summed E-state index contributed by atoms with van der Waals surface area (Å²) >= 11 is 5.77. The molecule has 1 N–H and O–H groups in total. The largest absolute Gasteiger partial charge is 0.355 e. The Balaban J connectivity index is 2.23. The van der Waals surface area contributed by atoms with Gasteiger partial charge < -0.3 is 10.2 Å². The number of carbonyl (C=O) groups is 1. The molecule has 0 spiro atoms. The lowest BCUT2D eigenvalue weighted by molar-refractivity contribution is -0.128. The first-order chi connectivity index (χ1) is 7.95. The van der Waals surface area contributed by atoms with E-state index in [1.54, 1.807) is 0 Å². The third-order valence-electron chi connectivity index (χ3n) is 3.33. The van der Waals surface area contributed by atoms with Crippen molar-refractivity contribution < 1.29 is 4.79 Å². The van der Waals surface area contributed by atoms with E-state index >= 15 is 0 Å². The van der Waals surface area contributed by atoms with Crippen LogP contribution in [0.5, 0.6) is 0 Å². The molecule has 100 valence electrons. The van der Waals surface area contributed by atoms with Gasteiger partial charge in [-0.2, -0.15) is 0 Å². The molecule has 0 aromatic rings. The summed E-state index contributed by atoms with van der Waals surface area (Å²) in [5, 5.41) is 3.00. The summed E-state index contributed by atoms with van der Waals surface area (Å²) in [6, 6.07) is 0. The first-order valence-corrected chi connectivity index (χ1v) is 7.06. The van der Waals surface area contributed by atoms with Gasteiger partial charge in [-0.1, -0.05) is 6.92 Å². The Morgan fingerprint density at radius 2 is 2.00 bits per heavy atom. The smallest absolute Gasteiger partial charge is 0.226 e. The summed E-state index contributed by atoms with van der Waals surface area (Å²) in [7, 11) is 0. The van der Waals surface area contributed by atoms with Gasteiger partial charge in [0.05, 0.1) is 5.41 Å². The molecule has 17 heavy (non-hydrogen) atoms. The highest BCUT2D eigenvalue weighted by Gasteiger charge is 2.26. The zero-order valence-electron chi connectivity index (χ0n) is 11.3. The Morgan fingerprint density at radius 3 is 2.53 bits per heavy atom. The Bertz CT molecular complexity index is 250. The van der Waals surface area contributed by atoms with Gasteiger partial charge in [0.25, 0.3) is 0 Å². The zero-order valence-corrected chi connectivity index (χ0v) is 12.0. The molecule has 1 atom stereocenters. The van der Waals surface area contributed by atoms with Gasteiger partial charge in [-0.15, -0.1) is 11.6 Å². The SMILES string of the molecule is CC(CNC(=O)C(C)(C)CCl)CN1CCCC1. The van der Waals surface area contributed by atoms with Crippen molar-refractivity contribution in [1.29, 1.82) is 0 Å². The molecule has 1 heterocycles. The Morgan fingerprint density at radius 1 is 1.41 bits per heavy atom. The highest BCUT2D eigenvalue weighted by Crippen LogP contribution is 2.17. The first-order valence-electron chi connectivity index (χ1n) is 6.52. The van der Waals surface area contributed by atoms with Gasteiger partial charge >= 0.3 is 0 Å². The van der Waals surface area contributed by atoms with E-state index in [1.807, 2.05) is 13.8 Å². The van der Waals surface area contributed by atoms with E-state index in [4.69, 9.17) is 11.6 Å². The zero-order chi connectivity index (χ0) is 12.9. The van der Waals surface area contributed by atoms with Crippen molar-refractivity contribution in [3.05, 3.63) is 0 Å². The van der Waals surface area contributed by atoms with Gasteiger partial charge in [-0.05, 0) is 45.7 Å². The van der Waals surface area contributed by atoms with Crippen LogP contribution >= 0.6 is 11.6 Å². The van der Waals surface area contributed by atoms with E-state index in [9.17, 15) is 4.79 Å². The summed E-state index contributed by atoms with van der Waals surface area (Å²) < 4.78 is 0. The number of halogens is 1. The monoisotopic (exact) mass is 260 g/mol. The fourth-order valence-corrected chi connectivity index (χ4v) is 2.16. The van der Waals surface area contributed by atoms with Crippen LogP contribution in [-0.2, 0) is 4.79 Å². The summed E-state index contributed by atoms with van der Waals surface area (Å²) in [4.78, 5) is 14.3. The number of nitrogens with zero attached hydrogens (tertiary/aromatic N) is 1. The van der Waals surface area contributed by atoms with E-state index in [-0.39, 0.29) is 5.91 Å². The number of alkyl halides is 1. The van der Waals surface area contributed by atoms with Crippen LogP contribution in [0.25, 0.3) is 0 Å².